The van der Waals surface area contributed by atoms with Crippen LogP contribution in [-0.4, -0.2) is 22.1 Å². The summed E-state index contributed by atoms with van der Waals surface area (Å²) in [6.45, 7) is -0.148. The van der Waals surface area contributed by atoms with Crippen LogP contribution in [0.15, 0.2) is 27.4 Å². The molecule has 3 aromatic rings. The molecule has 0 atom stereocenters. The first kappa shape index (κ1) is 13.8. The normalized spacial score (nSPS) is 14.1. The lowest BCUT2D eigenvalue weighted by Gasteiger charge is -2.20. The van der Waals surface area contributed by atoms with Gasteiger partial charge in [-0.2, -0.15) is 0 Å². The molecule has 5 rings (SSSR count). The number of benzene rings is 2. The molecule has 8 nitrogen and oxygen atoms in total. The zero-order valence-electron chi connectivity index (χ0n) is 12.5. The van der Waals surface area contributed by atoms with Gasteiger partial charge in [0, 0.05) is 5.56 Å². The van der Waals surface area contributed by atoms with E-state index in [0.29, 0.717) is 11.1 Å². The monoisotopic (exact) mass is 342 g/mol. The van der Waals surface area contributed by atoms with Gasteiger partial charge in [-0.25, -0.2) is 0 Å². The number of hydrogen-bond acceptors (Lipinski definition) is 8. The van der Waals surface area contributed by atoms with E-state index in [9.17, 15) is 20.1 Å². The number of ether oxygens (including phenoxy) is 3. The summed E-state index contributed by atoms with van der Waals surface area (Å²) in [5.41, 5.74) is -0.0276. The highest BCUT2D eigenvalue weighted by Gasteiger charge is 2.34. The van der Waals surface area contributed by atoms with Crippen LogP contribution in [-0.2, 0) is 6.61 Å². The van der Waals surface area contributed by atoms with E-state index in [2.05, 4.69) is 0 Å². The molecule has 0 fully saturated rings. The summed E-state index contributed by atoms with van der Waals surface area (Å²) in [4.78, 5) is 12.8. The van der Waals surface area contributed by atoms with Gasteiger partial charge in [0.15, 0.2) is 17.1 Å². The molecule has 1 aromatic heterocycles. The van der Waals surface area contributed by atoms with Gasteiger partial charge in [0.2, 0.25) is 35.2 Å². The fourth-order valence-corrected chi connectivity index (χ4v) is 3.16. The molecule has 0 amide bonds. The second-order valence-corrected chi connectivity index (χ2v) is 5.66. The van der Waals surface area contributed by atoms with Crippen molar-refractivity contribution in [3.8, 4) is 45.8 Å². The predicted octanol–water partition coefficient (Wildman–Crippen LogP) is 2.20. The van der Waals surface area contributed by atoms with Gasteiger partial charge in [-0.05, 0) is 6.07 Å². The molecule has 0 aliphatic carbocycles. The fraction of sp³-hybridized carbons (Fsp3) is 0.118. The molecule has 0 saturated heterocycles. The minimum absolute atomic E-state index is 0.0228. The van der Waals surface area contributed by atoms with E-state index in [1.807, 2.05) is 0 Å². The molecule has 8 heteroatoms. The Bertz CT molecular complexity index is 1130. The van der Waals surface area contributed by atoms with Gasteiger partial charge in [0.1, 0.15) is 17.7 Å². The number of phenols is 3. The minimum atomic E-state index is -0.684. The lowest BCUT2D eigenvalue weighted by Crippen LogP contribution is -2.15. The molecule has 3 N–H and O–H groups in total. The smallest absolute Gasteiger partial charge is 0.239 e. The Kier molecular flexibility index (Phi) is 2.49. The van der Waals surface area contributed by atoms with Crippen molar-refractivity contribution < 1.29 is 33.9 Å². The maximum atomic E-state index is 12.8. The van der Waals surface area contributed by atoms with Crippen LogP contribution >= 0.6 is 0 Å². The molecule has 0 spiro atoms. The number of fused-ring (bicyclic) bond motifs is 5. The highest BCUT2D eigenvalue weighted by molar-refractivity contribution is 5.97. The molecule has 2 aromatic carbocycles. The van der Waals surface area contributed by atoms with E-state index in [1.54, 1.807) is 12.1 Å². The van der Waals surface area contributed by atoms with Crippen molar-refractivity contribution in [2.75, 3.05) is 6.79 Å². The topological polar surface area (TPSA) is 119 Å². The lowest BCUT2D eigenvalue weighted by atomic mass is 10.0. The van der Waals surface area contributed by atoms with E-state index in [4.69, 9.17) is 18.6 Å². The third kappa shape index (κ3) is 1.63. The van der Waals surface area contributed by atoms with Crippen LogP contribution in [0.5, 0.6) is 34.5 Å². The Morgan fingerprint density at radius 1 is 0.920 bits per heavy atom. The van der Waals surface area contributed by atoms with E-state index < -0.39 is 16.9 Å². The van der Waals surface area contributed by atoms with Gasteiger partial charge in [0.25, 0.3) is 0 Å². The van der Waals surface area contributed by atoms with Gasteiger partial charge in [-0.1, -0.05) is 12.1 Å². The van der Waals surface area contributed by atoms with Crippen LogP contribution in [0.4, 0.5) is 0 Å². The summed E-state index contributed by atoms with van der Waals surface area (Å²) in [5.74, 6) is -1.47. The molecule has 0 bridgehead atoms. The average molecular weight is 342 g/mol. The Labute approximate surface area is 139 Å². The molecular formula is C17H10O8. The van der Waals surface area contributed by atoms with Gasteiger partial charge >= 0.3 is 0 Å². The van der Waals surface area contributed by atoms with Crippen LogP contribution in [0.25, 0.3) is 22.3 Å². The molecule has 25 heavy (non-hydrogen) atoms. The lowest BCUT2D eigenvalue weighted by molar-refractivity contribution is 0.169. The molecule has 126 valence electrons. The van der Waals surface area contributed by atoms with Crippen molar-refractivity contribution in [2.45, 2.75) is 6.61 Å². The summed E-state index contributed by atoms with van der Waals surface area (Å²) in [6, 6.07) is 4.82. The molecule has 2 aliphatic heterocycles. The minimum Gasteiger partial charge on any atom is -0.507 e. The van der Waals surface area contributed by atoms with Crippen LogP contribution in [0.3, 0.4) is 0 Å². The molecule has 2 aliphatic rings. The van der Waals surface area contributed by atoms with Crippen LogP contribution in [0.1, 0.15) is 5.56 Å². The number of hydrogen-bond donors (Lipinski definition) is 3. The highest BCUT2D eigenvalue weighted by Crippen LogP contribution is 2.53. The van der Waals surface area contributed by atoms with Crippen molar-refractivity contribution in [2.24, 2.45) is 0 Å². The first-order valence-corrected chi connectivity index (χ1v) is 7.36. The molecule has 0 radical (unpaired) electrons. The van der Waals surface area contributed by atoms with E-state index in [-0.39, 0.29) is 53.1 Å². The van der Waals surface area contributed by atoms with Crippen molar-refractivity contribution in [1.82, 2.24) is 0 Å². The van der Waals surface area contributed by atoms with Crippen molar-refractivity contribution >= 4 is 11.0 Å². The summed E-state index contributed by atoms with van der Waals surface area (Å²) in [6.07, 6.45) is 0. The number of phenolic OH excluding ortho intramolecular Hbond substituents is 3. The van der Waals surface area contributed by atoms with Crippen LogP contribution < -0.4 is 19.6 Å². The highest BCUT2D eigenvalue weighted by atomic mass is 16.7. The molecular weight excluding hydrogens is 332 g/mol. The summed E-state index contributed by atoms with van der Waals surface area (Å²) in [7, 11) is 0. The second-order valence-electron chi connectivity index (χ2n) is 5.66. The third-order valence-corrected chi connectivity index (χ3v) is 4.29. The van der Waals surface area contributed by atoms with Crippen molar-refractivity contribution in [3.05, 3.63) is 34.0 Å². The van der Waals surface area contributed by atoms with E-state index in [1.165, 1.54) is 6.07 Å². The zero-order chi connectivity index (χ0) is 17.3. The number of rotatable bonds is 0. The Balaban J connectivity index is 1.96. The maximum Gasteiger partial charge on any atom is 0.239 e. The first-order chi connectivity index (χ1) is 12.1. The van der Waals surface area contributed by atoms with Gasteiger partial charge < -0.3 is 33.9 Å². The summed E-state index contributed by atoms with van der Waals surface area (Å²) < 4.78 is 21.4. The number of aromatic hydroxyl groups is 3. The fourth-order valence-electron chi connectivity index (χ4n) is 3.16. The molecule has 3 heterocycles. The Morgan fingerprint density at radius 2 is 1.68 bits per heavy atom. The Morgan fingerprint density at radius 3 is 2.48 bits per heavy atom. The van der Waals surface area contributed by atoms with Gasteiger partial charge in [0.05, 0.1) is 5.56 Å². The third-order valence-electron chi connectivity index (χ3n) is 4.29. The van der Waals surface area contributed by atoms with Crippen molar-refractivity contribution in [1.29, 1.82) is 0 Å². The largest absolute Gasteiger partial charge is 0.507 e. The summed E-state index contributed by atoms with van der Waals surface area (Å²) >= 11 is 0. The van der Waals surface area contributed by atoms with Gasteiger partial charge in [-0.15, -0.1) is 0 Å². The Hall–Kier alpha value is -3.55. The van der Waals surface area contributed by atoms with Crippen LogP contribution in [0, 0.1) is 0 Å². The molecule has 0 unspecified atom stereocenters. The first-order valence-electron chi connectivity index (χ1n) is 7.36. The zero-order valence-corrected chi connectivity index (χ0v) is 12.5. The summed E-state index contributed by atoms with van der Waals surface area (Å²) in [5, 5.41) is 30.6. The quantitative estimate of drug-likeness (QED) is 0.532. The van der Waals surface area contributed by atoms with Gasteiger partial charge in [-0.3, -0.25) is 4.79 Å². The average Bonchev–Trinajstić information content (AvgIpc) is 3.09. The molecule has 0 saturated carbocycles. The SMILES string of the molecule is O=c1c2c(oc3c(O)c4c(c(O)c13)OCO4)-c1c(O)cccc1CO2. The van der Waals surface area contributed by atoms with Crippen molar-refractivity contribution in [3.63, 3.8) is 0 Å². The van der Waals surface area contributed by atoms with Crippen LogP contribution in [0.2, 0.25) is 0 Å². The standard InChI is InChI=1S/C17H10O8/c18-7-3-1-2-6-4-22-15-10(19)9-11(20)16-17(24-5-23-16)12(21)13(9)25-14(15)8(6)7/h1-3,18,20-21H,4-5H2. The van der Waals surface area contributed by atoms with E-state index in [0.717, 1.165) is 0 Å². The second kappa shape index (κ2) is 4.50. The predicted molar refractivity (Wildman–Crippen MR) is 83.4 cm³/mol. The maximum absolute atomic E-state index is 12.8. The van der Waals surface area contributed by atoms with E-state index >= 15 is 0 Å².